The molecule has 0 N–H and O–H groups in total. The van der Waals surface area contributed by atoms with Crippen LogP contribution in [-0.4, -0.2) is 16.1 Å². The van der Waals surface area contributed by atoms with E-state index in [1.807, 2.05) is 60.7 Å². The van der Waals surface area contributed by atoms with Crippen LogP contribution in [0.1, 0.15) is 31.8 Å². The van der Waals surface area contributed by atoms with Crippen molar-refractivity contribution in [3.05, 3.63) is 117 Å². The quantitative estimate of drug-likeness (QED) is 0.370. The molecule has 0 aliphatic carbocycles. The number of halogens is 1. The predicted octanol–water partition coefficient (Wildman–Crippen LogP) is 5.87. The van der Waals surface area contributed by atoms with Crippen molar-refractivity contribution in [1.82, 2.24) is 4.31 Å². The van der Waals surface area contributed by atoms with E-state index in [1.165, 1.54) is 4.31 Å². The summed E-state index contributed by atoms with van der Waals surface area (Å²) >= 11 is 7.86. The highest BCUT2D eigenvalue weighted by molar-refractivity contribution is 8.02. The molecular formula is C24H18ClNO2S. The van der Waals surface area contributed by atoms with Gasteiger partial charge in [-0.15, -0.1) is 0 Å². The van der Waals surface area contributed by atoms with Crippen LogP contribution in [0.15, 0.2) is 94.9 Å². The van der Waals surface area contributed by atoms with Gasteiger partial charge < -0.3 is 0 Å². The standard InChI is InChI=1S/C24H18ClNO2S/c25-21(15-17-9-3-1-4-10-17)22(16-18-11-5-2-6-12-18)29-26-23(27)19-13-7-8-14-20(19)24(26)28/h1-14H,15-16H2/b22-21+. The van der Waals surface area contributed by atoms with Crippen LogP contribution < -0.4 is 0 Å². The summed E-state index contributed by atoms with van der Waals surface area (Å²) in [4.78, 5) is 26.4. The van der Waals surface area contributed by atoms with Crippen molar-refractivity contribution in [2.75, 3.05) is 0 Å². The van der Waals surface area contributed by atoms with Crippen LogP contribution in [0, 0.1) is 0 Å². The molecule has 1 heterocycles. The summed E-state index contributed by atoms with van der Waals surface area (Å²) in [6.07, 6.45) is 1.09. The second-order valence-electron chi connectivity index (χ2n) is 6.69. The monoisotopic (exact) mass is 419 g/mol. The summed E-state index contributed by atoms with van der Waals surface area (Å²) in [5.74, 6) is -0.601. The van der Waals surface area contributed by atoms with Crippen LogP contribution in [0.25, 0.3) is 0 Å². The lowest BCUT2D eigenvalue weighted by atomic mass is 10.1. The molecule has 0 spiro atoms. The number of carbonyl (C=O) groups excluding carboxylic acids is 2. The second-order valence-corrected chi connectivity index (χ2v) is 8.19. The zero-order valence-corrected chi connectivity index (χ0v) is 17.1. The number of fused-ring (bicyclic) bond motifs is 1. The fraction of sp³-hybridized carbons (Fsp3) is 0.0833. The van der Waals surface area contributed by atoms with Crippen LogP contribution >= 0.6 is 23.5 Å². The van der Waals surface area contributed by atoms with E-state index in [9.17, 15) is 9.59 Å². The number of carbonyl (C=O) groups is 2. The molecule has 0 bridgehead atoms. The Kier molecular flexibility index (Phi) is 5.84. The molecule has 0 atom stereocenters. The van der Waals surface area contributed by atoms with Crippen molar-refractivity contribution in [2.24, 2.45) is 0 Å². The summed E-state index contributed by atoms with van der Waals surface area (Å²) in [5.41, 5.74) is 3.01. The van der Waals surface area contributed by atoms with E-state index < -0.39 is 0 Å². The van der Waals surface area contributed by atoms with E-state index >= 15 is 0 Å². The summed E-state index contributed by atoms with van der Waals surface area (Å²) in [7, 11) is 0. The van der Waals surface area contributed by atoms with E-state index in [-0.39, 0.29) is 11.8 Å². The van der Waals surface area contributed by atoms with Crippen LogP contribution in [0.4, 0.5) is 0 Å². The molecular weight excluding hydrogens is 402 g/mol. The Morgan fingerprint density at radius 2 is 1.14 bits per heavy atom. The average molecular weight is 420 g/mol. The minimum Gasteiger partial charge on any atom is -0.268 e. The van der Waals surface area contributed by atoms with Gasteiger partial charge in [0.25, 0.3) is 11.8 Å². The summed E-state index contributed by atoms with van der Waals surface area (Å²) < 4.78 is 1.22. The van der Waals surface area contributed by atoms with Gasteiger partial charge in [-0.05, 0) is 35.2 Å². The lowest BCUT2D eigenvalue weighted by Crippen LogP contribution is -2.22. The minimum atomic E-state index is -0.301. The molecule has 29 heavy (non-hydrogen) atoms. The first-order valence-electron chi connectivity index (χ1n) is 9.24. The second kappa shape index (κ2) is 8.68. The Morgan fingerprint density at radius 3 is 1.66 bits per heavy atom. The van der Waals surface area contributed by atoms with Crippen molar-refractivity contribution in [1.29, 1.82) is 0 Å². The van der Waals surface area contributed by atoms with Crippen molar-refractivity contribution in [2.45, 2.75) is 12.8 Å². The average Bonchev–Trinajstić information content (AvgIpc) is 3.00. The zero-order valence-electron chi connectivity index (χ0n) is 15.5. The number of nitrogens with zero attached hydrogens (tertiary/aromatic N) is 1. The Hall–Kier alpha value is -2.82. The molecule has 0 fully saturated rings. The Labute approximate surface area is 179 Å². The molecule has 3 aromatic rings. The largest absolute Gasteiger partial charge is 0.272 e. The lowest BCUT2D eigenvalue weighted by Gasteiger charge is -2.17. The van der Waals surface area contributed by atoms with Crippen molar-refractivity contribution in [3.63, 3.8) is 0 Å². The van der Waals surface area contributed by atoms with Gasteiger partial charge in [0, 0.05) is 22.8 Å². The Morgan fingerprint density at radius 1 is 0.690 bits per heavy atom. The lowest BCUT2D eigenvalue weighted by molar-refractivity contribution is 0.0777. The predicted molar refractivity (Wildman–Crippen MR) is 118 cm³/mol. The van der Waals surface area contributed by atoms with Gasteiger partial charge in [-0.2, -0.15) is 0 Å². The fourth-order valence-corrected chi connectivity index (χ4v) is 4.50. The maximum Gasteiger partial charge on any atom is 0.272 e. The Balaban J connectivity index is 1.65. The minimum absolute atomic E-state index is 0.301. The van der Waals surface area contributed by atoms with E-state index in [1.54, 1.807) is 24.3 Å². The van der Waals surface area contributed by atoms with Crippen LogP contribution in [-0.2, 0) is 12.8 Å². The van der Waals surface area contributed by atoms with Crippen LogP contribution in [0.2, 0.25) is 0 Å². The van der Waals surface area contributed by atoms with E-state index in [0.29, 0.717) is 29.0 Å². The Bertz CT molecular complexity index is 1050. The molecule has 0 aromatic heterocycles. The molecule has 144 valence electrons. The molecule has 0 radical (unpaired) electrons. The smallest absolute Gasteiger partial charge is 0.268 e. The molecule has 3 aromatic carbocycles. The number of imide groups is 1. The summed E-state index contributed by atoms with van der Waals surface area (Å²) in [6, 6.07) is 26.7. The number of rotatable bonds is 6. The van der Waals surface area contributed by atoms with Gasteiger partial charge in [-0.1, -0.05) is 84.4 Å². The van der Waals surface area contributed by atoms with Crippen LogP contribution in [0.5, 0.6) is 0 Å². The molecule has 2 amide bonds. The molecule has 0 saturated heterocycles. The molecule has 1 aliphatic heterocycles. The SMILES string of the molecule is O=C1c2ccccc2C(=O)N1S/C(Cc1ccccc1)=C(/Cl)Cc1ccccc1. The van der Waals surface area contributed by atoms with Gasteiger partial charge in [0.2, 0.25) is 0 Å². The van der Waals surface area contributed by atoms with Crippen molar-refractivity contribution < 1.29 is 9.59 Å². The third kappa shape index (κ3) is 4.29. The number of hydrogen-bond donors (Lipinski definition) is 0. The molecule has 4 rings (SSSR count). The first-order chi connectivity index (χ1) is 14.1. The number of amides is 2. The maximum atomic E-state index is 12.8. The van der Waals surface area contributed by atoms with Crippen molar-refractivity contribution in [3.8, 4) is 0 Å². The molecule has 1 aliphatic rings. The molecule has 3 nitrogen and oxygen atoms in total. The van der Waals surface area contributed by atoms with Crippen LogP contribution in [0.3, 0.4) is 0 Å². The first-order valence-corrected chi connectivity index (χ1v) is 10.4. The van der Waals surface area contributed by atoms with Gasteiger partial charge in [-0.3, -0.25) is 9.59 Å². The van der Waals surface area contributed by atoms with E-state index in [0.717, 1.165) is 28.0 Å². The summed E-state index contributed by atoms with van der Waals surface area (Å²) in [6.45, 7) is 0. The van der Waals surface area contributed by atoms with E-state index in [4.69, 9.17) is 11.6 Å². The molecule has 0 unspecified atom stereocenters. The highest BCUT2D eigenvalue weighted by atomic mass is 35.5. The van der Waals surface area contributed by atoms with Gasteiger partial charge in [-0.25, -0.2) is 4.31 Å². The summed E-state index contributed by atoms with van der Waals surface area (Å²) in [5, 5.41) is 0.626. The van der Waals surface area contributed by atoms with Gasteiger partial charge in [0.15, 0.2) is 0 Å². The third-order valence-electron chi connectivity index (χ3n) is 4.67. The van der Waals surface area contributed by atoms with Gasteiger partial charge in [0.05, 0.1) is 11.1 Å². The van der Waals surface area contributed by atoms with Crippen molar-refractivity contribution >= 4 is 35.4 Å². The number of allylic oxidation sites excluding steroid dienone is 2. The molecule has 5 heteroatoms. The zero-order chi connectivity index (χ0) is 20.2. The van der Waals surface area contributed by atoms with E-state index in [2.05, 4.69) is 0 Å². The number of benzene rings is 3. The van der Waals surface area contributed by atoms with Gasteiger partial charge in [0.1, 0.15) is 0 Å². The highest BCUT2D eigenvalue weighted by Gasteiger charge is 2.36. The third-order valence-corrected chi connectivity index (χ3v) is 6.27. The highest BCUT2D eigenvalue weighted by Crippen LogP contribution is 2.36. The van der Waals surface area contributed by atoms with Gasteiger partial charge >= 0.3 is 0 Å². The first kappa shape index (κ1) is 19.5. The fourth-order valence-electron chi connectivity index (χ4n) is 3.19. The maximum absolute atomic E-state index is 12.8. The topological polar surface area (TPSA) is 37.4 Å². The number of hydrogen-bond acceptors (Lipinski definition) is 3. The molecule has 0 saturated carbocycles. The normalized spacial score (nSPS) is 14.0.